The number of fused-ring (bicyclic) bond motifs is 5. The standard InChI is InChI=1S/C26H29N7O4/c34-24(16-31-9-7-18-4-1-2-5-19(18)12-31)32-14-21-23(15-32)37-17-20-13-33(30-29-20)10-11-36-22-6-3-8-27-25(22)26(35)28-21/h1-6,8,13,21,23H,7,9-12,14-17H2,(H,28,35)/t21-,23-/m0/s1. The topological polar surface area (TPSA) is 115 Å². The van der Waals surface area contributed by atoms with Crippen LogP contribution in [0, 0.1) is 0 Å². The summed E-state index contributed by atoms with van der Waals surface area (Å²) < 4.78 is 13.7. The predicted octanol–water partition coefficient (Wildman–Crippen LogP) is 0.650. The van der Waals surface area contributed by atoms with Gasteiger partial charge in [-0.1, -0.05) is 29.5 Å². The Hall–Kier alpha value is -3.83. The minimum absolute atomic E-state index is 0.0236. The third-order valence-electron chi connectivity index (χ3n) is 7.10. The number of carbonyl (C=O) groups excluding carboxylic acids is 2. The molecule has 37 heavy (non-hydrogen) atoms. The van der Waals surface area contributed by atoms with Gasteiger partial charge in [-0.15, -0.1) is 5.10 Å². The number of carbonyl (C=O) groups is 2. The maximum Gasteiger partial charge on any atom is 0.274 e. The molecule has 6 rings (SSSR count). The van der Waals surface area contributed by atoms with E-state index >= 15 is 0 Å². The molecule has 0 aliphatic carbocycles. The summed E-state index contributed by atoms with van der Waals surface area (Å²) in [7, 11) is 0. The molecule has 0 unspecified atom stereocenters. The average molecular weight is 504 g/mol. The van der Waals surface area contributed by atoms with Gasteiger partial charge in [-0.05, 0) is 29.7 Å². The van der Waals surface area contributed by atoms with Crippen molar-refractivity contribution in [2.75, 3.05) is 32.8 Å². The predicted molar refractivity (Wildman–Crippen MR) is 132 cm³/mol. The molecule has 192 valence electrons. The quantitative estimate of drug-likeness (QED) is 0.542. The Morgan fingerprint density at radius 1 is 1.11 bits per heavy atom. The van der Waals surface area contributed by atoms with Crippen molar-refractivity contribution < 1.29 is 19.1 Å². The molecular formula is C26H29N7O4. The number of nitrogens with one attached hydrogen (secondary N) is 1. The van der Waals surface area contributed by atoms with E-state index in [-0.39, 0.29) is 24.1 Å². The Labute approximate surface area is 214 Å². The summed E-state index contributed by atoms with van der Waals surface area (Å²) in [4.78, 5) is 34.7. The van der Waals surface area contributed by atoms with Gasteiger partial charge in [0.05, 0.1) is 38.0 Å². The molecule has 0 spiro atoms. The van der Waals surface area contributed by atoms with E-state index in [4.69, 9.17) is 9.47 Å². The second kappa shape index (κ2) is 10.3. The van der Waals surface area contributed by atoms with Gasteiger partial charge in [0.1, 0.15) is 12.3 Å². The van der Waals surface area contributed by atoms with E-state index in [1.165, 1.54) is 11.1 Å². The van der Waals surface area contributed by atoms with Crippen molar-refractivity contribution in [2.24, 2.45) is 0 Å². The number of aromatic nitrogens is 4. The van der Waals surface area contributed by atoms with Crippen LogP contribution < -0.4 is 10.1 Å². The normalized spacial score (nSPS) is 22.2. The third kappa shape index (κ3) is 5.18. The summed E-state index contributed by atoms with van der Waals surface area (Å²) in [6, 6.07) is 11.4. The zero-order valence-corrected chi connectivity index (χ0v) is 20.5. The molecule has 0 saturated carbocycles. The van der Waals surface area contributed by atoms with Crippen LogP contribution in [-0.2, 0) is 35.6 Å². The van der Waals surface area contributed by atoms with Gasteiger partial charge in [0, 0.05) is 32.4 Å². The van der Waals surface area contributed by atoms with Crippen LogP contribution >= 0.6 is 0 Å². The Balaban J connectivity index is 1.18. The van der Waals surface area contributed by atoms with Gasteiger partial charge < -0.3 is 19.7 Å². The lowest BCUT2D eigenvalue weighted by Crippen LogP contribution is -2.45. The van der Waals surface area contributed by atoms with Gasteiger partial charge in [-0.3, -0.25) is 14.5 Å². The lowest BCUT2D eigenvalue weighted by atomic mass is 10.00. The smallest absolute Gasteiger partial charge is 0.274 e. The molecular weight excluding hydrogens is 474 g/mol. The molecule has 5 heterocycles. The van der Waals surface area contributed by atoms with Gasteiger partial charge in [-0.25, -0.2) is 9.67 Å². The lowest BCUT2D eigenvalue weighted by Gasteiger charge is -2.29. The first-order valence-corrected chi connectivity index (χ1v) is 12.6. The second-order valence-electron chi connectivity index (χ2n) is 9.63. The molecule has 2 bridgehead atoms. The number of benzene rings is 1. The van der Waals surface area contributed by atoms with Gasteiger partial charge in [0.25, 0.3) is 5.91 Å². The Morgan fingerprint density at radius 2 is 2.00 bits per heavy atom. The minimum Gasteiger partial charge on any atom is -0.489 e. The van der Waals surface area contributed by atoms with Crippen molar-refractivity contribution >= 4 is 11.8 Å². The summed E-state index contributed by atoms with van der Waals surface area (Å²) in [6.07, 6.45) is 3.92. The van der Waals surface area contributed by atoms with Crippen LogP contribution in [0.5, 0.6) is 5.75 Å². The van der Waals surface area contributed by atoms with Gasteiger partial charge in [-0.2, -0.15) is 0 Å². The fraction of sp³-hybridized carbons (Fsp3) is 0.423. The van der Waals surface area contributed by atoms with Crippen LogP contribution in [-0.4, -0.2) is 86.5 Å². The molecule has 11 heteroatoms. The molecule has 2 atom stereocenters. The number of rotatable bonds is 2. The van der Waals surface area contributed by atoms with E-state index < -0.39 is 12.1 Å². The molecule has 3 aromatic rings. The molecule has 3 aliphatic rings. The summed E-state index contributed by atoms with van der Waals surface area (Å²) >= 11 is 0. The lowest BCUT2D eigenvalue weighted by molar-refractivity contribution is -0.132. The monoisotopic (exact) mass is 503 g/mol. The van der Waals surface area contributed by atoms with Crippen molar-refractivity contribution in [3.63, 3.8) is 0 Å². The molecule has 1 fully saturated rings. The average Bonchev–Trinajstić information content (AvgIpc) is 3.54. The summed E-state index contributed by atoms with van der Waals surface area (Å²) in [6.45, 7) is 3.68. The molecule has 1 saturated heterocycles. The third-order valence-corrected chi connectivity index (χ3v) is 7.10. The Morgan fingerprint density at radius 3 is 2.92 bits per heavy atom. The maximum absolute atomic E-state index is 13.3. The fourth-order valence-corrected chi connectivity index (χ4v) is 5.14. The van der Waals surface area contributed by atoms with E-state index in [0.717, 1.165) is 19.5 Å². The molecule has 2 amide bonds. The van der Waals surface area contributed by atoms with E-state index in [9.17, 15) is 9.59 Å². The van der Waals surface area contributed by atoms with Gasteiger partial charge >= 0.3 is 0 Å². The van der Waals surface area contributed by atoms with Crippen LogP contribution in [0.4, 0.5) is 0 Å². The largest absolute Gasteiger partial charge is 0.489 e. The Bertz CT molecular complexity index is 1300. The number of nitrogens with zero attached hydrogens (tertiary/aromatic N) is 6. The highest BCUT2D eigenvalue weighted by atomic mass is 16.5. The molecule has 2 aromatic heterocycles. The first-order chi connectivity index (χ1) is 18.1. The molecule has 1 N–H and O–H groups in total. The number of amides is 2. The van der Waals surface area contributed by atoms with Crippen LogP contribution in [0.15, 0.2) is 48.8 Å². The summed E-state index contributed by atoms with van der Waals surface area (Å²) in [5.74, 6) is 0.0617. The van der Waals surface area contributed by atoms with Crippen molar-refractivity contribution in [1.82, 2.24) is 35.1 Å². The fourth-order valence-electron chi connectivity index (χ4n) is 5.14. The Kier molecular flexibility index (Phi) is 6.54. The van der Waals surface area contributed by atoms with Crippen LogP contribution in [0.25, 0.3) is 0 Å². The van der Waals surface area contributed by atoms with Gasteiger partial charge in [0.2, 0.25) is 5.91 Å². The van der Waals surface area contributed by atoms with Crippen LogP contribution in [0.2, 0.25) is 0 Å². The van der Waals surface area contributed by atoms with Crippen molar-refractivity contribution in [2.45, 2.75) is 38.3 Å². The number of hydrogen-bond acceptors (Lipinski definition) is 8. The second-order valence-corrected chi connectivity index (χ2v) is 9.63. The van der Waals surface area contributed by atoms with Crippen molar-refractivity contribution in [3.8, 4) is 5.75 Å². The zero-order chi connectivity index (χ0) is 25.2. The highest BCUT2D eigenvalue weighted by Gasteiger charge is 2.38. The van der Waals surface area contributed by atoms with Gasteiger partial charge in [0.15, 0.2) is 11.4 Å². The molecule has 3 aliphatic heterocycles. The minimum atomic E-state index is -0.397. The molecule has 1 aromatic carbocycles. The highest BCUT2D eigenvalue weighted by Crippen LogP contribution is 2.22. The summed E-state index contributed by atoms with van der Waals surface area (Å²) in [5.41, 5.74) is 3.51. The maximum atomic E-state index is 13.3. The van der Waals surface area contributed by atoms with E-state index in [1.54, 1.807) is 27.9 Å². The van der Waals surface area contributed by atoms with E-state index in [2.05, 4.69) is 43.7 Å². The zero-order valence-electron chi connectivity index (χ0n) is 20.5. The highest BCUT2D eigenvalue weighted by molar-refractivity contribution is 5.95. The first-order valence-electron chi connectivity index (χ1n) is 12.6. The first kappa shape index (κ1) is 23.6. The van der Waals surface area contributed by atoms with E-state index in [0.29, 0.717) is 44.2 Å². The number of hydrogen-bond donors (Lipinski definition) is 1. The number of likely N-dealkylation sites (tertiary alicyclic amines) is 1. The number of ether oxygens (including phenoxy) is 2. The summed E-state index contributed by atoms with van der Waals surface area (Å²) in [5, 5.41) is 11.3. The van der Waals surface area contributed by atoms with Crippen LogP contribution in [0.1, 0.15) is 27.3 Å². The van der Waals surface area contributed by atoms with Crippen molar-refractivity contribution in [3.05, 3.63) is 71.3 Å². The van der Waals surface area contributed by atoms with Crippen LogP contribution in [0.3, 0.4) is 0 Å². The molecule has 11 nitrogen and oxygen atoms in total. The SMILES string of the molecule is O=C1N[C@H]2CN(C(=O)CN3CCc4ccccc4C3)C[C@@H]2OCc2cn(nn2)CCOc2cccnc21. The molecule has 0 radical (unpaired) electrons. The van der Waals surface area contributed by atoms with Crippen molar-refractivity contribution in [1.29, 1.82) is 0 Å². The number of pyridine rings is 1. The van der Waals surface area contributed by atoms with E-state index in [1.807, 2.05) is 12.3 Å².